The van der Waals surface area contributed by atoms with Crippen LogP contribution in [0, 0.1) is 0 Å². The molecule has 1 amide bonds. The van der Waals surface area contributed by atoms with Crippen LogP contribution >= 0.6 is 11.8 Å². The molecule has 1 saturated heterocycles. The average molecular weight is 217 g/mol. The van der Waals surface area contributed by atoms with Crippen LogP contribution in [0.3, 0.4) is 0 Å². The SMILES string of the molecule is CC(SCC(=O)N1CCCC1)C(=O)O. The number of carbonyl (C=O) groups excluding carboxylic acids is 1. The first-order chi connectivity index (χ1) is 6.61. The molecule has 1 N–H and O–H groups in total. The summed E-state index contributed by atoms with van der Waals surface area (Å²) in [4.78, 5) is 23.8. The zero-order chi connectivity index (χ0) is 10.6. The topological polar surface area (TPSA) is 57.6 Å². The summed E-state index contributed by atoms with van der Waals surface area (Å²) in [6.07, 6.45) is 2.15. The lowest BCUT2D eigenvalue weighted by molar-refractivity contribution is -0.136. The van der Waals surface area contributed by atoms with Crippen molar-refractivity contribution < 1.29 is 14.7 Å². The van der Waals surface area contributed by atoms with Gasteiger partial charge in [0.15, 0.2) is 0 Å². The summed E-state index contributed by atoms with van der Waals surface area (Å²) in [5.41, 5.74) is 0. The molecule has 0 aliphatic carbocycles. The molecule has 5 heteroatoms. The lowest BCUT2D eigenvalue weighted by atomic mass is 10.4. The van der Waals surface area contributed by atoms with Crippen molar-refractivity contribution in [1.29, 1.82) is 0 Å². The summed E-state index contributed by atoms with van der Waals surface area (Å²) in [5.74, 6) is -0.502. The fraction of sp³-hybridized carbons (Fsp3) is 0.778. The molecule has 1 fully saturated rings. The third-order valence-electron chi connectivity index (χ3n) is 2.26. The van der Waals surface area contributed by atoms with Crippen LogP contribution < -0.4 is 0 Å². The molecule has 1 heterocycles. The molecule has 1 aliphatic heterocycles. The van der Waals surface area contributed by atoms with E-state index in [1.165, 1.54) is 11.8 Å². The van der Waals surface area contributed by atoms with Crippen molar-refractivity contribution in [2.45, 2.75) is 25.0 Å². The fourth-order valence-corrected chi connectivity index (χ4v) is 2.04. The van der Waals surface area contributed by atoms with Crippen molar-refractivity contribution in [2.75, 3.05) is 18.8 Å². The number of amides is 1. The zero-order valence-electron chi connectivity index (χ0n) is 8.23. The highest BCUT2D eigenvalue weighted by atomic mass is 32.2. The molecule has 14 heavy (non-hydrogen) atoms. The number of rotatable bonds is 4. The van der Waals surface area contributed by atoms with Gasteiger partial charge in [-0.05, 0) is 19.8 Å². The van der Waals surface area contributed by atoms with Crippen LogP contribution in [0.25, 0.3) is 0 Å². The standard InChI is InChI=1S/C9H15NO3S/c1-7(9(12)13)14-6-8(11)10-4-2-3-5-10/h7H,2-6H2,1H3,(H,12,13). The minimum absolute atomic E-state index is 0.0700. The summed E-state index contributed by atoms with van der Waals surface area (Å²) in [7, 11) is 0. The van der Waals surface area contributed by atoms with Crippen LogP contribution in [-0.2, 0) is 9.59 Å². The average Bonchev–Trinajstić information content (AvgIpc) is 2.66. The van der Waals surface area contributed by atoms with Gasteiger partial charge in [0.05, 0.1) is 11.0 Å². The van der Waals surface area contributed by atoms with E-state index in [-0.39, 0.29) is 11.7 Å². The van der Waals surface area contributed by atoms with E-state index in [9.17, 15) is 9.59 Å². The molecule has 1 rings (SSSR count). The second kappa shape index (κ2) is 5.24. The third-order valence-corrected chi connectivity index (χ3v) is 3.38. The summed E-state index contributed by atoms with van der Waals surface area (Å²) < 4.78 is 0. The largest absolute Gasteiger partial charge is 0.480 e. The van der Waals surface area contributed by atoms with Crippen LogP contribution in [0.1, 0.15) is 19.8 Å². The maximum atomic E-state index is 11.5. The minimum Gasteiger partial charge on any atom is -0.480 e. The van der Waals surface area contributed by atoms with Gasteiger partial charge in [0, 0.05) is 13.1 Å². The van der Waals surface area contributed by atoms with Crippen LogP contribution in [0.2, 0.25) is 0 Å². The normalized spacial score (nSPS) is 18.2. The van der Waals surface area contributed by atoms with E-state index in [2.05, 4.69) is 0 Å². The highest BCUT2D eigenvalue weighted by Crippen LogP contribution is 2.14. The Morgan fingerprint density at radius 2 is 2.00 bits per heavy atom. The van der Waals surface area contributed by atoms with E-state index in [0.717, 1.165) is 25.9 Å². The van der Waals surface area contributed by atoms with E-state index in [1.54, 1.807) is 6.92 Å². The number of likely N-dealkylation sites (tertiary alicyclic amines) is 1. The van der Waals surface area contributed by atoms with Crippen molar-refractivity contribution >= 4 is 23.6 Å². The third kappa shape index (κ3) is 3.21. The first kappa shape index (κ1) is 11.4. The van der Waals surface area contributed by atoms with E-state index in [1.807, 2.05) is 4.90 Å². The Balaban J connectivity index is 2.23. The molecule has 0 saturated carbocycles. The monoisotopic (exact) mass is 217 g/mol. The van der Waals surface area contributed by atoms with Crippen molar-refractivity contribution in [1.82, 2.24) is 4.90 Å². The molecule has 4 nitrogen and oxygen atoms in total. The highest BCUT2D eigenvalue weighted by Gasteiger charge is 2.20. The number of aliphatic carboxylic acids is 1. The van der Waals surface area contributed by atoms with Gasteiger partial charge in [-0.1, -0.05) is 0 Å². The highest BCUT2D eigenvalue weighted by molar-refractivity contribution is 8.01. The van der Waals surface area contributed by atoms with Gasteiger partial charge in [0.2, 0.25) is 5.91 Å². The van der Waals surface area contributed by atoms with Crippen molar-refractivity contribution in [3.63, 3.8) is 0 Å². The van der Waals surface area contributed by atoms with E-state index in [0.29, 0.717) is 0 Å². The lowest BCUT2D eigenvalue weighted by Gasteiger charge is -2.15. The smallest absolute Gasteiger partial charge is 0.316 e. The van der Waals surface area contributed by atoms with E-state index >= 15 is 0 Å². The Labute approximate surface area is 87.7 Å². The van der Waals surface area contributed by atoms with Crippen LogP contribution in [0.5, 0.6) is 0 Å². The van der Waals surface area contributed by atoms with Gasteiger partial charge in [0.1, 0.15) is 0 Å². The number of hydrogen-bond acceptors (Lipinski definition) is 3. The van der Waals surface area contributed by atoms with Crippen molar-refractivity contribution in [3.8, 4) is 0 Å². The summed E-state index contributed by atoms with van der Waals surface area (Å²) in [6, 6.07) is 0. The number of carbonyl (C=O) groups is 2. The maximum Gasteiger partial charge on any atom is 0.316 e. The molecule has 1 unspecified atom stereocenters. The predicted octanol–water partition coefficient (Wildman–Crippen LogP) is 0.815. The van der Waals surface area contributed by atoms with Gasteiger partial charge in [-0.25, -0.2) is 0 Å². The van der Waals surface area contributed by atoms with E-state index < -0.39 is 11.2 Å². The second-order valence-electron chi connectivity index (χ2n) is 3.38. The number of thioether (sulfide) groups is 1. The molecule has 0 aromatic rings. The molecule has 80 valence electrons. The van der Waals surface area contributed by atoms with Crippen molar-refractivity contribution in [2.24, 2.45) is 0 Å². The lowest BCUT2D eigenvalue weighted by Crippen LogP contribution is -2.30. The first-order valence-electron chi connectivity index (χ1n) is 4.73. The van der Waals surface area contributed by atoms with Gasteiger partial charge in [0.25, 0.3) is 0 Å². The predicted molar refractivity (Wildman–Crippen MR) is 55.4 cm³/mol. The molecular formula is C9H15NO3S. The number of carboxylic acid groups (broad SMARTS) is 1. The molecular weight excluding hydrogens is 202 g/mol. The van der Waals surface area contributed by atoms with Crippen LogP contribution in [0.4, 0.5) is 0 Å². The molecule has 0 aromatic heterocycles. The minimum atomic E-state index is -0.857. The zero-order valence-corrected chi connectivity index (χ0v) is 9.05. The second-order valence-corrected chi connectivity index (χ2v) is 4.71. The van der Waals surface area contributed by atoms with Gasteiger partial charge >= 0.3 is 5.97 Å². The van der Waals surface area contributed by atoms with Gasteiger partial charge < -0.3 is 10.0 Å². The Hall–Kier alpha value is -0.710. The molecule has 1 aliphatic rings. The fourth-order valence-electron chi connectivity index (χ4n) is 1.33. The number of hydrogen-bond donors (Lipinski definition) is 1. The number of carboxylic acids is 1. The Morgan fingerprint density at radius 3 is 2.50 bits per heavy atom. The Morgan fingerprint density at radius 1 is 1.43 bits per heavy atom. The van der Waals surface area contributed by atoms with Crippen molar-refractivity contribution in [3.05, 3.63) is 0 Å². The van der Waals surface area contributed by atoms with Gasteiger partial charge in [-0.2, -0.15) is 0 Å². The van der Waals surface area contributed by atoms with Crippen LogP contribution in [-0.4, -0.2) is 46.0 Å². The summed E-state index contributed by atoms with van der Waals surface area (Å²) >= 11 is 1.19. The van der Waals surface area contributed by atoms with E-state index in [4.69, 9.17) is 5.11 Å². The molecule has 0 spiro atoms. The van der Waals surface area contributed by atoms with Gasteiger partial charge in [-0.3, -0.25) is 9.59 Å². The Kier molecular flexibility index (Phi) is 4.25. The number of nitrogens with zero attached hydrogens (tertiary/aromatic N) is 1. The van der Waals surface area contributed by atoms with Gasteiger partial charge in [-0.15, -0.1) is 11.8 Å². The summed E-state index contributed by atoms with van der Waals surface area (Å²) in [6.45, 7) is 3.27. The Bertz CT molecular complexity index is 226. The first-order valence-corrected chi connectivity index (χ1v) is 5.78. The summed E-state index contributed by atoms with van der Waals surface area (Å²) in [5, 5.41) is 8.12. The molecule has 0 aromatic carbocycles. The quantitative estimate of drug-likeness (QED) is 0.757. The molecule has 1 atom stereocenters. The molecule has 0 bridgehead atoms. The van der Waals surface area contributed by atoms with Crippen LogP contribution in [0.15, 0.2) is 0 Å². The maximum absolute atomic E-state index is 11.5. The molecule has 0 radical (unpaired) electrons.